The van der Waals surface area contributed by atoms with Gasteiger partial charge < -0.3 is 10.4 Å². The molecule has 0 aromatic carbocycles. The largest absolute Gasteiger partial charge is 0.401 e. The summed E-state index contributed by atoms with van der Waals surface area (Å²) in [5.74, 6) is -0.873. The molecular formula is C8H14F3N3O3. The predicted molar refractivity (Wildman–Crippen MR) is 52.2 cm³/mol. The Hall–Kier alpha value is -1.35. The van der Waals surface area contributed by atoms with Crippen molar-refractivity contribution in [1.29, 1.82) is 0 Å². The van der Waals surface area contributed by atoms with E-state index in [0.29, 0.717) is 4.90 Å². The Balaban J connectivity index is 4.24. The standard InChI is InChI=1S/C8H14F3N3O3/c1-12-7(17)13-6(16)4-14(2-3-15)5-8(9,10)11/h15H,2-5H2,1H3,(H2,12,13,16,17). The molecule has 100 valence electrons. The van der Waals surface area contributed by atoms with Crippen LogP contribution < -0.4 is 10.6 Å². The molecule has 6 nitrogen and oxygen atoms in total. The van der Waals surface area contributed by atoms with Gasteiger partial charge in [0.25, 0.3) is 0 Å². The van der Waals surface area contributed by atoms with Crippen molar-refractivity contribution in [2.24, 2.45) is 0 Å². The fourth-order valence-corrected chi connectivity index (χ4v) is 1.04. The van der Waals surface area contributed by atoms with Crippen LogP contribution in [0.2, 0.25) is 0 Å². The number of alkyl halides is 3. The van der Waals surface area contributed by atoms with Crippen molar-refractivity contribution < 1.29 is 27.9 Å². The van der Waals surface area contributed by atoms with Gasteiger partial charge in [-0.15, -0.1) is 0 Å². The van der Waals surface area contributed by atoms with Crippen LogP contribution in [0, 0.1) is 0 Å². The van der Waals surface area contributed by atoms with E-state index in [1.54, 1.807) is 0 Å². The third-order valence-electron chi connectivity index (χ3n) is 1.67. The number of rotatable bonds is 5. The highest BCUT2D eigenvalue weighted by molar-refractivity contribution is 5.95. The number of nitrogens with zero attached hydrogens (tertiary/aromatic N) is 1. The summed E-state index contributed by atoms with van der Waals surface area (Å²) >= 11 is 0. The Bertz CT molecular complexity index is 270. The number of urea groups is 1. The molecule has 0 rings (SSSR count). The minimum Gasteiger partial charge on any atom is -0.395 e. The molecule has 0 unspecified atom stereocenters. The molecule has 3 N–H and O–H groups in total. The molecule has 0 aliphatic rings. The van der Waals surface area contributed by atoms with Crippen molar-refractivity contribution in [2.75, 3.05) is 33.3 Å². The van der Waals surface area contributed by atoms with Crippen molar-refractivity contribution in [3.8, 4) is 0 Å². The van der Waals surface area contributed by atoms with Gasteiger partial charge in [0, 0.05) is 13.6 Å². The summed E-state index contributed by atoms with van der Waals surface area (Å²) in [6, 6.07) is -0.800. The molecule has 17 heavy (non-hydrogen) atoms. The Morgan fingerprint density at radius 3 is 2.35 bits per heavy atom. The van der Waals surface area contributed by atoms with Gasteiger partial charge >= 0.3 is 12.2 Å². The average Bonchev–Trinajstić information content (AvgIpc) is 2.14. The van der Waals surface area contributed by atoms with Crippen LogP contribution in [0.1, 0.15) is 0 Å². The fraction of sp³-hybridized carbons (Fsp3) is 0.750. The van der Waals surface area contributed by atoms with Crippen LogP contribution in [0.5, 0.6) is 0 Å². The number of nitrogens with one attached hydrogen (secondary N) is 2. The highest BCUT2D eigenvalue weighted by atomic mass is 19.4. The van der Waals surface area contributed by atoms with Gasteiger partial charge in [0.1, 0.15) is 0 Å². The van der Waals surface area contributed by atoms with Gasteiger partial charge in [-0.05, 0) is 0 Å². The highest BCUT2D eigenvalue weighted by Crippen LogP contribution is 2.15. The summed E-state index contributed by atoms with van der Waals surface area (Å²) in [6.07, 6.45) is -4.47. The number of hydrogen-bond acceptors (Lipinski definition) is 4. The molecule has 0 aliphatic heterocycles. The second-order valence-electron chi connectivity index (χ2n) is 3.18. The molecule has 0 saturated heterocycles. The number of carbonyl (C=O) groups excluding carboxylic acids is 2. The third-order valence-corrected chi connectivity index (χ3v) is 1.67. The van der Waals surface area contributed by atoms with E-state index in [-0.39, 0.29) is 6.54 Å². The van der Waals surface area contributed by atoms with E-state index in [0.717, 1.165) is 0 Å². The molecule has 0 heterocycles. The molecule has 3 amide bonds. The van der Waals surface area contributed by atoms with Gasteiger partial charge in [0.2, 0.25) is 5.91 Å². The molecule has 0 fully saturated rings. The van der Waals surface area contributed by atoms with Crippen molar-refractivity contribution in [1.82, 2.24) is 15.5 Å². The maximum Gasteiger partial charge on any atom is 0.401 e. The summed E-state index contributed by atoms with van der Waals surface area (Å²) < 4.78 is 36.2. The van der Waals surface area contributed by atoms with E-state index in [4.69, 9.17) is 5.11 Å². The van der Waals surface area contributed by atoms with Crippen LogP contribution in [0.3, 0.4) is 0 Å². The van der Waals surface area contributed by atoms with E-state index in [2.05, 4.69) is 5.32 Å². The number of aliphatic hydroxyl groups excluding tert-OH is 1. The van der Waals surface area contributed by atoms with E-state index < -0.39 is 37.8 Å². The van der Waals surface area contributed by atoms with Crippen molar-refractivity contribution in [3.63, 3.8) is 0 Å². The quantitative estimate of drug-likeness (QED) is 0.608. The first-order valence-electron chi connectivity index (χ1n) is 4.70. The molecule has 0 aliphatic carbocycles. The molecule has 0 radical (unpaired) electrons. The van der Waals surface area contributed by atoms with Crippen LogP contribution in [0.15, 0.2) is 0 Å². The zero-order valence-corrected chi connectivity index (χ0v) is 9.17. The van der Waals surface area contributed by atoms with Crippen molar-refractivity contribution in [3.05, 3.63) is 0 Å². The Labute approximate surface area is 95.8 Å². The molecule has 0 saturated carbocycles. The lowest BCUT2D eigenvalue weighted by Gasteiger charge is -2.21. The summed E-state index contributed by atoms with van der Waals surface area (Å²) in [4.78, 5) is 22.5. The second-order valence-corrected chi connectivity index (χ2v) is 3.18. The fourth-order valence-electron chi connectivity index (χ4n) is 1.04. The van der Waals surface area contributed by atoms with Crippen molar-refractivity contribution >= 4 is 11.9 Å². The monoisotopic (exact) mass is 257 g/mol. The number of halogens is 3. The minimum absolute atomic E-state index is 0.305. The topological polar surface area (TPSA) is 81.7 Å². The Morgan fingerprint density at radius 2 is 1.94 bits per heavy atom. The minimum atomic E-state index is -4.47. The van der Waals surface area contributed by atoms with Crippen molar-refractivity contribution in [2.45, 2.75) is 6.18 Å². The zero-order chi connectivity index (χ0) is 13.5. The van der Waals surface area contributed by atoms with Crippen LogP contribution in [-0.2, 0) is 4.79 Å². The third kappa shape index (κ3) is 8.46. The number of amides is 3. The van der Waals surface area contributed by atoms with E-state index in [9.17, 15) is 22.8 Å². The molecule has 9 heteroatoms. The number of aliphatic hydroxyl groups is 1. The summed E-state index contributed by atoms with van der Waals surface area (Å²) in [5.41, 5.74) is 0. The molecule has 0 bridgehead atoms. The molecule has 0 aromatic heterocycles. The van der Waals surface area contributed by atoms with Gasteiger partial charge in [0.15, 0.2) is 0 Å². The average molecular weight is 257 g/mol. The van der Waals surface area contributed by atoms with Gasteiger partial charge in [-0.1, -0.05) is 0 Å². The van der Waals surface area contributed by atoms with E-state index >= 15 is 0 Å². The van der Waals surface area contributed by atoms with Crippen LogP contribution in [-0.4, -0.2) is 61.4 Å². The number of carbonyl (C=O) groups is 2. The summed E-state index contributed by atoms with van der Waals surface area (Å²) in [7, 11) is 1.27. The van der Waals surface area contributed by atoms with Gasteiger partial charge in [-0.25, -0.2) is 4.79 Å². The first kappa shape index (κ1) is 15.7. The van der Waals surface area contributed by atoms with Gasteiger partial charge in [-0.2, -0.15) is 13.2 Å². The number of imide groups is 1. The maximum absolute atomic E-state index is 12.1. The first-order valence-corrected chi connectivity index (χ1v) is 4.70. The zero-order valence-electron chi connectivity index (χ0n) is 9.17. The highest BCUT2D eigenvalue weighted by Gasteiger charge is 2.31. The lowest BCUT2D eigenvalue weighted by atomic mass is 10.4. The van der Waals surface area contributed by atoms with Gasteiger partial charge in [-0.3, -0.25) is 15.0 Å². The molecule has 0 spiro atoms. The summed E-state index contributed by atoms with van der Waals surface area (Å²) in [6.45, 7) is -2.76. The molecule has 0 atom stereocenters. The summed E-state index contributed by atoms with van der Waals surface area (Å²) in [5, 5.41) is 12.5. The lowest BCUT2D eigenvalue weighted by Crippen LogP contribution is -2.46. The molecule has 0 aromatic rings. The Morgan fingerprint density at radius 1 is 1.35 bits per heavy atom. The smallest absolute Gasteiger partial charge is 0.395 e. The SMILES string of the molecule is CNC(=O)NC(=O)CN(CCO)CC(F)(F)F. The van der Waals surface area contributed by atoms with Gasteiger partial charge in [0.05, 0.1) is 19.7 Å². The normalized spacial score (nSPS) is 11.4. The predicted octanol–water partition coefficient (Wildman–Crippen LogP) is -0.701. The Kier molecular flexibility index (Phi) is 6.51. The first-order chi connectivity index (χ1) is 7.78. The second kappa shape index (κ2) is 7.07. The van der Waals surface area contributed by atoms with Crippen LogP contribution in [0.25, 0.3) is 0 Å². The lowest BCUT2D eigenvalue weighted by molar-refractivity contribution is -0.149. The maximum atomic E-state index is 12.1. The van der Waals surface area contributed by atoms with E-state index in [1.807, 2.05) is 5.32 Å². The number of hydrogen-bond donors (Lipinski definition) is 3. The van der Waals surface area contributed by atoms with E-state index in [1.165, 1.54) is 7.05 Å². The van der Waals surface area contributed by atoms with Crippen LogP contribution in [0.4, 0.5) is 18.0 Å². The molecular weight excluding hydrogens is 243 g/mol. The van der Waals surface area contributed by atoms with Crippen LogP contribution >= 0.6 is 0 Å².